The van der Waals surface area contributed by atoms with E-state index in [4.69, 9.17) is 5.26 Å². The monoisotopic (exact) mass is 313 g/mol. The minimum Gasteiger partial charge on any atom is -0.309 e. The highest BCUT2D eigenvalue weighted by Gasteiger charge is 2.23. The minimum absolute atomic E-state index is 0.0489. The Morgan fingerprint density at radius 1 is 1.29 bits per heavy atom. The van der Waals surface area contributed by atoms with Crippen LogP contribution >= 0.6 is 0 Å². The molecular weight excluding hydrogens is 293 g/mol. The first kappa shape index (κ1) is 17.6. The lowest BCUT2D eigenvalue weighted by Gasteiger charge is -2.21. The van der Waals surface area contributed by atoms with Crippen LogP contribution in [0.3, 0.4) is 0 Å². The highest BCUT2D eigenvalue weighted by atomic mass is 32.2. The van der Waals surface area contributed by atoms with Crippen molar-refractivity contribution in [1.29, 1.82) is 5.26 Å². The zero-order valence-corrected chi connectivity index (χ0v) is 13.3. The summed E-state index contributed by atoms with van der Waals surface area (Å²) in [6, 6.07) is 4.95. The van der Waals surface area contributed by atoms with Gasteiger partial charge in [-0.05, 0) is 45.3 Å². The van der Waals surface area contributed by atoms with E-state index in [2.05, 4.69) is 0 Å². The molecule has 0 bridgehead atoms. The molecule has 0 heterocycles. The van der Waals surface area contributed by atoms with Crippen LogP contribution in [0.25, 0.3) is 0 Å². The van der Waals surface area contributed by atoms with Gasteiger partial charge >= 0.3 is 0 Å². The van der Waals surface area contributed by atoms with Crippen molar-refractivity contribution in [3.63, 3.8) is 0 Å². The standard InChI is InChI=1S/C14H20FN3O2S/c1-4-18(9-5-8-17(2)3)21(19,20)13-6-7-14(15)12(10-13)11-16/h6-7,10H,4-5,8-9H2,1-3H3. The third kappa shape index (κ3) is 4.49. The van der Waals surface area contributed by atoms with E-state index in [1.807, 2.05) is 19.0 Å². The fourth-order valence-corrected chi connectivity index (χ4v) is 3.43. The molecular formula is C14H20FN3O2S. The van der Waals surface area contributed by atoms with E-state index >= 15 is 0 Å². The van der Waals surface area contributed by atoms with Gasteiger partial charge in [-0.1, -0.05) is 6.92 Å². The summed E-state index contributed by atoms with van der Waals surface area (Å²) < 4.78 is 39.6. The molecule has 1 rings (SSSR count). The average molecular weight is 313 g/mol. The van der Waals surface area contributed by atoms with Crippen molar-refractivity contribution in [2.75, 3.05) is 33.7 Å². The number of nitriles is 1. The highest BCUT2D eigenvalue weighted by molar-refractivity contribution is 7.89. The van der Waals surface area contributed by atoms with Crippen LogP contribution in [0.5, 0.6) is 0 Å². The van der Waals surface area contributed by atoms with Crippen LogP contribution in [-0.2, 0) is 10.0 Å². The Kier molecular flexibility index (Phi) is 6.27. The van der Waals surface area contributed by atoms with Gasteiger partial charge in [-0.3, -0.25) is 0 Å². The summed E-state index contributed by atoms with van der Waals surface area (Å²) in [4.78, 5) is 1.93. The van der Waals surface area contributed by atoms with Gasteiger partial charge in [-0.25, -0.2) is 12.8 Å². The summed E-state index contributed by atoms with van der Waals surface area (Å²) >= 11 is 0. The van der Waals surface area contributed by atoms with Crippen molar-refractivity contribution in [3.05, 3.63) is 29.6 Å². The molecule has 0 atom stereocenters. The molecule has 0 saturated heterocycles. The maximum Gasteiger partial charge on any atom is 0.243 e. The summed E-state index contributed by atoms with van der Waals surface area (Å²) in [5.41, 5.74) is -0.264. The molecule has 1 aromatic rings. The first-order chi connectivity index (χ1) is 9.82. The second-order valence-electron chi connectivity index (χ2n) is 4.91. The van der Waals surface area contributed by atoms with Gasteiger partial charge in [0.2, 0.25) is 10.0 Å². The molecule has 7 heteroatoms. The number of halogens is 1. The quantitative estimate of drug-likeness (QED) is 0.768. The maximum absolute atomic E-state index is 13.3. The van der Waals surface area contributed by atoms with E-state index in [-0.39, 0.29) is 10.5 Å². The molecule has 0 N–H and O–H groups in total. The van der Waals surface area contributed by atoms with Crippen molar-refractivity contribution in [2.24, 2.45) is 0 Å². The predicted molar refractivity (Wildman–Crippen MR) is 78.7 cm³/mol. The molecule has 0 aliphatic rings. The Bertz CT molecular complexity index is 624. The second-order valence-corrected chi connectivity index (χ2v) is 6.84. The summed E-state index contributed by atoms with van der Waals surface area (Å²) in [5, 5.41) is 8.80. The Balaban J connectivity index is 2.99. The average Bonchev–Trinajstić information content (AvgIpc) is 2.43. The maximum atomic E-state index is 13.3. The normalized spacial score (nSPS) is 11.9. The Morgan fingerprint density at radius 2 is 1.95 bits per heavy atom. The van der Waals surface area contributed by atoms with E-state index in [0.29, 0.717) is 19.5 Å². The van der Waals surface area contributed by atoms with Crippen LogP contribution < -0.4 is 0 Å². The smallest absolute Gasteiger partial charge is 0.243 e. The van der Waals surface area contributed by atoms with Gasteiger partial charge < -0.3 is 4.90 Å². The molecule has 0 aromatic heterocycles. The Labute approximate surface area is 125 Å². The van der Waals surface area contributed by atoms with E-state index in [1.165, 1.54) is 10.4 Å². The largest absolute Gasteiger partial charge is 0.309 e. The molecule has 0 radical (unpaired) electrons. The summed E-state index contributed by atoms with van der Waals surface area (Å²) in [6.07, 6.45) is 0.701. The van der Waals surface area contributed by atoms with Crippen molar-refractivity contribution in [3.8, 4) is 6.07 Å². The third-order valence-electron chi connectivity index (χ3n) is 3.06. The molecule has 0 spiro atoms. The van der Waals surface area contributed by atoms with Crippen LogP contribution in [0.1, 0.15) is 18.9 Å². The van der Waals surface area contributed by atoms with Crippen LogP contribution in [0, 0.1) is 17.1 Å². The molecule has 21 heavy (non-hydrogen) atoms. The number of hydrogen-bond donors (Lipinski definition) is 0. The first-order valence-corrected chi connectivity index (χ1v) is 8.11. The lowest BCUT2D eigenvalue weighted by molar-refractivity contribution is 0.356. The predicted octanol–water partition coefficient (Wildman–Crippen LogP) is 1.66. The van der Waals surface area contributed by atoms with Crippen molar-refractivity contribution < 1.29 is 12.8 Å². The molecule has 0 fully saturated rings. The number of rotatable bonds is 7. The van der Waals surface area contributed by atoms with Crippen molar-refractivity contribution >= 4 is 10.0 Å². The van der Waals surface area contributed by atoms with E-state index < -0.39 is 15.8 Å². The van der Waals surface area contributed by atoms with Gasteiger partial charge in [0.25, 0.3) is 0 Å². The van der Waals surface area contributed by atoms with Gasteiger partial charge in [-0.15, -0.1) is 0 Å². The molecule has 5 nitrogen and oxygen atoms in total. The number of nitrogens with zero attached hydrogens (tertiary/aromatic N) is 3. The van der Waals surface area contributed by atoms with Crippen LogP contribution in [-0.4, -0.2) is 51.4 Å². The van der Waals surface area contributed by atoms with Crippen LogP contribution in [0.2, 0.25) is 0 Å². The molecule has 0 amide bonds. The first-order valence-electron chi connectivity index (χ1n) is 6.67. The molecule has 0 saturated carbocycles. The molecule has 0 aliphatic heterocycles. The highest BCUT2D eigenvalue weighted by Crippen LogP contribution is 2.19. The van der Waals surface area contributed by atoms with Gasteiger partial charge in [0.1, 0.15) is 11.9 Å². The number of sulfonamides is 1. The zero-order chi connectivity index (χ0) is 16.0. The SMILES string of the molecule is CCN(CCCN(C)C)S(=O)(=O)c1ccc(F)c(C#N)c1. The lowest BCUT2D eigenvalue weighted by Crippen LogP contribution is -2.33. The molecule has 0 unspecified atom stereocenters. The van der Waals surface area contributed by atoms with Gasteiger partial charge in [0, 0.05) is 13.1 Å². The van der Waals surface area contributed by atoms with E-state index in [0.717, 1.165) is 18.7 Å². The lowest BCUT2D eigenvalue weighted by atomic mass is 10.2. The van der Waals surface area contributed by atoms with Gasteiger partial charge in [-0.2, -0.15) is 9.57 Å². The van der Waals surface area contributed by atoms with E-state index in [9.17, 15) is 12.8 Å². The fraction of sp³-hybridized carbons (Fsp3) is 0.500. The second kappa shape index (κ2) is 7.50. The van der Waals surface area contributed by atoms with Crippen molar-refractivity contribution in [1.82, 2.24) is 9.21 Å². The van der Waals surface area contributed by atoms with E-state index in [1.54, 1.807) is 13.0 Å². The third-order valence-corrected chi connectivity index (χ3v) is 5.03. The molecule has 1 aromatic carbocycles. The fourth-order valence-electron chi connectivity index (χ4n) is 1.91. The van der Waals surface area contributed by atoms with Crippen LogP contribution in [0.15, 0.2) is 23.1 Å². The Hall–Kier alpha value is -1.49. The minimum atomic E-state index is -3.70. The van der Waals surface area contributed by atoms with Crippen LogP contribution in [0.4, 0.5) is 4.39 Å². The summed E-state index contributed by atoms with van der Waals surface area (Å²) in [7, 11) is 0.140. The summed E-state index contributed by atoms with van der Waals surface area (Å²) in [5.74, 6) is -0.716. The number of hydrogen-bond acceptors (Lipinski definition) is 4. The summed E-state index contributed by atoms with van der Waals surface area (Å²) in [6.45, 7) is 3.24. The molecule has 0 aliphatic carbocycles. The molecule has 116 valence electrons. The zero-order valence-electron chi connectivity index (χ0n) is 12.5. The van der Waals surface area contributed by atoms with Gasteiger partial charge in [0.15, 0.2) is 0 Å². The Morgan fingerprint density at radius 3 is 2.48 bits per heavy atom. The van der Waals surface area contributed by atoms with Gasteiger partial charge in [0.05, 0.1) is 10.5 Å². The topological polar surface area (TPSA) is 64.4 Å². The van der Waals surface area contributed by atoms with Crippen molar-refractivity contribution in [2.45, 2.75) is 18.2 Å². The number of benzene rings is 1.